The quantitative estimate of drug-likeness (QED) is 0.446. The van der Waals surface area contributed by atoms with Crippen LogP contribution >= 0.6 is 11.3 Å². The van der Waals surface area contributed by atoms with Crippen LogP contribution in [0.4, 0.5) is 5.69 Å². The SMILES string of the molecule is Nc1ccc(O)c2sc3ccccc3c12. The molecule has 0 radical (unpaired) electrons. The lowest BCUT2D eigenvalue weighted by molar-refractivity contribution is 0.482. The highest BCUT2D eigenvalue weighted by Gasteiger charge is 2.10. The van der Waals surface area contributed by atoms with Crippen LogP contribution in [0.1, 0.15) is 0 Å². The molecule has 0 aliphatic carbocycles. The molecule has 2 aromatic carbocycles. The molecule has 74 valence electrons. The molecule has 0 spiro atoms. The molecule has 0 unspecified atom stereocenters. The lowest BCUT2D eigenvalue weighted by Crippen LogP contribution is -1.84. The normalized spacial score (nSPS) is 11.2. The summed E-state index contributed by atoms with van der Waals surface area (Å²) in [6, 6.07) is 11.4. The highest BCUT2D eigenvalue weighted by Crippen LogP contribution is 2.41. The average molecular weight is 215 g/mol. The molecular weight excluding hydrogens is 206 g/mol. The van der Waals surface area contributed by atoms with Crippen LogP contribution in [-0.2, 0) is 0 Å². The number of rotatable bonds is 0. The summed E-state index contributed by atoms with van der Waals surface area (Å²) in [6.07, 6.45) is 0. The van der Waals surface area contributed by atoms with Crippen molar-refractivity contribution in [1.82, 2.24) is 0 Å². The standard InChI is InChI=1S/C12H9NOS/c13-8-5-6-9(14)12-11(8)7-3-1-2-4-10(7)15-12/h1-6,14H,13H2. The maximum Gasteiger partial charge on any atom is 0.133 e. The van der Waals surface area contributed by atoms with Crippen LogP contribution < -0.4 is 5.73 Å². The summed E-state index contributed by atoms with van der Waals surface area (Å²) in [5.74, 6) is 0.306. The lowest BCUT2D eigenvalue weighted by atomic mass is 10.1. The van der Waals surface area contributed by atoms with Gasteiger partial charge in [0, 0.05) is 21.2 Å². The molecule has 1 aromatic heterocycles. The molecule has 3 rings (SSSR count). The number of hydrogen-bond acceptors (Lipinski definition) is 3. The van der Waals surface area contributed by atoms with E-state index in [0.717, 1.165) is 25.9 Å². The molecular formula is C12H9NOS. The van der Waals surface area contributed by atoms with Gasteiger partial charge in [0.05, 0.1) is 4.70 Å². The van der Waals surface area contributed by atoms with Crippen molar-refractivity contribution in [3.8, 4) is 5.75 Å². The number of nitrogens with two attached hydrogens (primary N) is 1. The molecule has 0 aliphatic rings. The van der Waals surface area contributed by atoms with E-state index in [-0.39, 0.29) is 0 Å². The van der Waals surface area contributed by atoms with Crippen LogP contribution in [0.2, 0.25) is 0 Å². The Morgan fingerprint density at radius 2 is 1.87 bits per heavy atom. The molecule has 1 heterocycles. The first-order valence-corrected chi connectivity index (χ1v) is 5.48. The molecule has 0 fully saturated rings. The van der Waals surface area contributed by atoms with E-state index >= 15 is 0 Å². The third-order valence-corrected chi connectivity index (χ3v) is 3.73. The second-order valence-electron chi connectivity index (χ2n) is 3.48. The molecule has 3 heteroatoms. The third-order valence-electron chi connectivity index (χ3n) is 2.54. The number of nitrogen functional groups attached to an aromatic ring is 1. The number of thiophene rings is 1. The van der Waals surface area contributed by atoms with Gasteiger partial charge in [-0.3, -0.25) is 0 Å². The maximum absolute atomic E-state index is 9.75. The minimum absolute atomic E-state index is 0.306. The van der Waals surface area contributed by atoms with Gasteiger partial charge in [0.1, 0.15) is 5.75 Å². The molecule has 0 aliphatic heterocycles. The fraction of sp³-hybridized carbons (Fsp3) is 0. The van der Waals surface area contributed by atoms with Crippen LogP contribution in [0.5, 0.6) is 5.75 Å². The highest BCUT2D eigenvalue weighted by atomic mass is 32.1. The zero-order chi connectivity index (χ0) is 10.4. The molecule has 3 N–H and O–H groups in total. The van der Waals surface area contributed by atoms with E-state index in [1.165, 1.54) is 0 Å². The van der Waals surface area contributed by atoms with E-state index in [9.17, 15) is 5.11 Å². The second-order valence-corrected chi connectivity index (χ2v) is 4.53. The van der Waals surface area contributed by atoms with Crippen LogP contribution in [0.3, 0.4) is 0 Å². The summed E-state index contributed by atoms with van der Waals surface area (Å²) in [7, 11) is 0. The predicted octanol–water partition coefficient (Wildman–Crippen LogP) is 3.34. The van der Waals surface area contributed by atoms with E-state index in [1.807, 2.05) is 24.3 Å². The summed E-state index contributed by atoms with van der Waals surface area (Å²) >= 11 is 1.57. The van der Waals surface area contributed by atoms with Crippen LogP contribution in [0.15, 0.2) is 36.4 Å². The molecule has 2 nitrogen and oxygen atoms in total. The molecule has 0 amide bonds. The van der Waals surface area contributed by atoms with Gasteiger partial charge in [-0.2, -0.15) is 0 Å². The van der Waals surface area contributed by atoms with Gasteiger partial charge in [-0.1, -0.05) is 18.2 Å². The van der Waals surface area contributed by atoms with E-state index in [1.54, 1.807) is 23.5 Å². The topological polar surface area (TPSA) is 46.2 Å². The number of benzene rings is 2. The fourth-order valence-corrected chi connectivity index (χ4v) is 2.99. The number of aromatic hydroxyl groups is 1. The Morgan fingerprint density at radius 3 is 2.73 bits per heavy atom. The van der Waals surface area contributed by atoms with E-state index in [4.69, 9.17) is 5.73 Å². The van der Waals surface area contributed by atoms with Crippen molar-refractivity contribution in [2.45, 2.75) is 0 Å². The Balaban J connectivity index is 2.66. The van der Waals surface area contributed by atoms with E-state index in [0.29, 0.717) is 5.75 Å². The Bertz CT molecular complexity index is 657. The zero-order valence-electron chi connectivity index (χ0n) is 7.90. The molecule has 3 aromatic rings. The van der Waals surface area contributed by atoms with Crippen molar-refractivity contribution in [1.29, 1.82) is 0 Å². The van der Waals surface area contributed by atoms with Gasteiger partial charge in [-0.25, -0.2) is 0 Å². The minimum atomic E-state index is 0.306. The number of fused-ring (bicyclic) bond motifs is 3. The molecule has 15 heavy (non-hydrogen) atoms. The van der Waals surface area contributed by atoms with Crippen molar-refractivity contribution in [2.24, 2.45) is 0 Å². The van der Waals surface area contributed by atoms with Crippen molar-refractivity contribution in [3.63, 3.8) is 0 Å². The zero-order valence-corrected chi connectivity index (χ0v) is 8.71. The molecule has 0 saturated heterocycles. The second kappa shape index (κ2) is 2.87. The Morgan fingerprint density at radius 1 is 1.07 bits per heavy atom. The predicted molar refractivity (Wildman–Crippen MR) is 65.4 cm³/mol. The van der Waals surface area contributed by atoms with Gasteiger partial charge < -0.3 is 10.8 Å². The smallest absolute Gasteiger partial charge is 0.133 e. The number of phenols is 1. The Hall–Kier alpha value is -1.74. The van der Waals surface area contributed by atoms with Gasteiger partial charge in [-0.15, -0.1) is 11.3 Å². The average Bonchev–Trinajstić information content (AvgIpc) is 2.64. The van der Waals surface area contributed by atoms with Gasteiger partial charge in [0.15, 0.2) is 0 Å². The Labute approximate surface area is 90.6 Å². The van der Waals surface area contributed by atoms with E-state index in [2.05, 4.69) is 0 Å². The molecule has 0 bridgehead atoms. The van der Waals surface area contributed by atoms with Gasteiger partial charge >= 0.3 is 0 Å². The monoisotopic (exact) mass is 215 g/mol. The fourth-order valence-electron chi connectivity index (χ4n) is 1.84. The summed E-state index contributed by atoms with van der Waals surface area (Å²) in [6.45, 7) is 0. The van der Waals surface area contributed by atoms with Crippen molar-refractivity contribution < 1.29 is 5.11 Å². The first-order valence-electron chi connectivity index (χ1n) is 4.66. The lowest BCUT2D eigenvalue weighted by Gasteiger charge is -1.98. The number of hydrogen-bond donors (Lipinski definition) is 2. The first kappa shape index (κ1) is 8.56. The largest absolute Gasteiger partial charge is 0.506 e. The maximum atomic E-state index is 9.75. The summed E-state index contributed by atoms with van der Waals surface area (Å²) < 4.78 is 2.02. The molecule has 0 saturated carbocycles. The number of anilines is 1. The highest BCUT2D eigenvalue weighted by molar-refractivity contribution is 7.26. The third kappa shape index (κ3) is 1.10. The van der Waals surface area contributed by atoms with Gasteiger partial charge in [-0.05, 0) is 18.2 Å². The minimum Gasteiger partial charge on any atom is -0.506 e. The Kier molecular flexibility index (Phi) is 1.64. The van der Waals surface area contributed by atoms with E-state index < -0.39 is 0 Å². The number of phenolic OH excluding ortho intramolecular Hbond substituents is 1. The molecule has 0 atom stereocenters. The van der Waals surface area contributed by atoms with Crippen molar-refractivity contribution >= 4 is 37.2 Å². The van der Waals surface area contributed by atoms with Gasteiger partial charge in [0.25, 0.3) is 0 Å². The van der Waals surface area contributed by atoms with Gasteiger partial charge in [0.2, 0.25) is 0 Å². The summed E-state index contributed by atoms with van der Waals surface area (Å²) in [5.41, 5.74) is 6.65. The van der Waals surface area contributed by atoms with Crippen LogP contribution in [0.25, 0.3) is 20.2 Å². The van der Waals surface area contributed by atoms with Crippen molar-refractivity contribution in [3.05, 3.63) is 36.4 Å². The van der Waals surface area contributed by atoms with Crippen LogP contribution in [-0.4, -0.2) is 5.11 Å². The van der Waals surface area contributed by atoms with Crippen molar-refractivity contribution in [2.75, 3.05) is 5.73 Å². The van der Waals surface area contributed by atoms with Crippen LogP contribution in [0, 0.1) is 0 Å². The first-order chi connectivity index (χ1) is 7.27. The summed E-state index contributed by atoms with van der Waals surface area (Å²) in [5, 5.41) is 11.8. The summed E-state index contributed by atoms with van der Waals surface area (Å²) in [4.78, 5) is 0.